The number of hydrogen-bond donors (Lipinski definition) is 0. The highest BCUT2D eigenvalue weighted by Crippen LogP contribution is 2.24. The Morgan fingerprint density at radius 2 is 1.95 bits per heavy atom. The van der Waals surface area contributed by atoms with Crippen molar-refractivity contribution in [2.45, 2.75) is 18.9 Å². The molecule has 1 aromatic carbocycles. The van der Waals surface area contributed by atoms with Crippen molar-refractivity contribution in [2.24, 2.45) is 7.05 Å². The minimum Gasteiger partial charge on any atom is -0.345 e. The van der Waals surface area contributed by atoms with Crippen LogP contribution in [0.1, 0.15) is 33.7 Å². The van der Waals surface area contributed by atoms with Gasteiger partial charge in [0, 0.05) is 25.4 Å². The van der Waals surface area contributed by atoms with Gasteiger partial charge in [0.15, 0.2) is 5.78 Å². The molecule has 0 radical (unpaired) electrons. The summed E-state index contributed by atoms with van der Waals surface area (Å²) in [6.07, 6.45) is 3.24. The van der Waals surface area contributed by atoms with Crippen LogP contribution in [0.25, 0.3) is 0 Å². The summed E-state index contributed by atoms with van der Waals surface area (Å²) in [5.74, 6) is -0.132. The van der Waals surface area contributed by atoms with Crippen molar-refractivity contribution < 1.29 is 9.59 Å². The number of rotatable bonds is 3. The molecule has 114 valence electrons. The molecule has 1 atom stereocenters. The van der Waals surface area contributed by atoms with E-state index in [0.29, 0.717) is 29.2 Å². The second kappa shape index (κ2) is 5.97. The van der Waals surface area contributed by atoms with E-state index in [4.69, 9.17) is 11.6 Å². The maximum atomic E-state index is 12.7. The van der Waals surface area contributed by atoms with Gasteiger partial charge in [0.25, 0.3) is 5.91 Å². The van der Waals surface area contributed by atoms with Crippen LogP contribution in [-0.2, 0) is 7.05 Å². The summed E-state index contributed by atoms with van der Waals surface area (Å²) in [5, 5.41) is 0.524. The van der Waals surface area contributed by atoms with E-state index in [1.54, 1.807) is 40.9 Å². The topological polar surface area (TPSA) is 42.3 Å². The predicted molar refractivity (Wildman–Crippen MR) is 85.3 cm³/mol. The Morgan fingerprint density at radius 3 is 2.59 bits per heavy atom. The maximum absolute atomic E-state index is 12.7. The van der Waals surface area contributed by atoms with Gasteiger partial charge in [-0.2, -0.15) is 0 Å². The van der Waals surface area contributed by atoms with Crippen molar-refractivity contribution in [2.75, 3.05) is 6.54 Å². The van der Waals surface area contributed by atoms with Gasteiger partial charge in [-0.3, -0.25) is 9.59 Å². The Balaban J connectivity index is 1.86. The fraction of sp³-hybridized carbons (Fsp3) is 0.294. The zero-order valence-corrected chi connectivity index (χ0v) is 13.1. The van der Waals surface area contributed by atoms with Crippen molar-refractivity contribution in [1.82, 2.24) is 9.47 Å². The fourth-order valence-electron chi connectivity index (χ4n) is 2.96. The fourth-order valence-corrected chi connectivity index (χ4v) is 3.21. The molecule has 0 bridgehead atoms. The van der Waals surface area contributed by atoms with E-state index in [-0.39, 0.29) is 17.7 Å². The number of amides is 1. The van der Waals surface area contributed by atoms with Gasteiger partial charge in [-0.15, -0.1) is 0 Å². The highest BCUT2D eigenvalue weighted by atomic mass is 35.5. The van der Waals surface area contributed by atoms with Crippen molar-refractivity contribution in [3.05, 3.63) is 58.9 Å². The van der Waals surface area contributed by atoms with E-state index in [2.05, 4.69) is 0 Å². The number of halogens is 1. The van der Waals surface area contributed by atoms with Crippen molar-refractivity contribution in [3.63, 3.8) is 0 Å². The van der Waals surface area contributed by atoms with Gasteiger partial charge in [0.1, 0.15) is 5.69 Å². The van der Waals surface area contributed by atoms with E-state index >= 15 is 0 Å². The van der Waals surface area contributed by atoms with Gasteiger partial charge in [-0.1, -0.05) is 41.9 Å². The molecule has 0 N–H and O–H groups in total. The normalized spacial score (nSPS) is 17.7. The lowest BCUT2D eigenvalue weighted by Crippen LogP contribution is -2.41. The molecule has 0 unspecified atom stereocenters. The van der Waals surface area contributed by atoms with E-state index in [1.807, 2.05) is 18.2 Å². The largest absolute Gasteiger partial charge is 0.345 e. The summed E-state index contributed by atoms with van der Waals surface area (Å²) in [6.45, 7) is 0.602. The second-order valence-electron chi connectivity index (χ2n) is 5.54. The maximum Gasteiger partial charge on any atom is 0.271 e. The molecule has 3 rings (SSSR count). The summed E-state index contributed by atoms with van der Waals surface area (Å²) in [5.41, 5.74) is 1.16. The van der Waals surface area contributed by atoms with E-state index in [0.717, 1.165) is 6.42 Å². The van der Waals surface area contributed by atoms with Crippen LogP contribution in [0.15, 0.2) is 42.6 Å². The average Bonchev–Trinajstić information content (AvgIpc) is 3.13. The summed E-state index contributed by atoms with van der Waals surface area (Å²) < 4.78 is 1.70. The smallest absolute Gasteiger partial charge is 0.271 e. The number of carbonyl (C=O) groups excluding carboxylic acids is 2. The number of carbonyl (C=O) groups is 2. The highest BCUT2D eigenvalue weighted by molar-refractivity contribution is 6.31. The molecule has 2 aromatic rings. The van der Waals surface area contributed by atoms with Gasteiger partial charge in [-0.25, -0.2) is 0 Å². The van der Waals surface area contributed by atoms with E-state index in [1.165, 1.54) is 0 Å². The minimum absolute atomic E-state index is 0.00626. The second-order valence-corrected chi connectivity index (χ2v) is 5.98. The standard InChI is InChI=1S/C17H17ClN2O2/c1-19-11-13(18)10-15(19)17(22)20-9-5-8-14(20)16(21)12-6-3-2-4-7-12/h2-4,6-7,10-11,14H,5,8-9H2,1H3/t14-/m0/s1. The Morgan fingerprint density at radius 1 is 1.23 bits per heavy atom. The molecule has 4 nitrogen and oxygen atoms in total. The van der Waals surface area contributed by atoms with Crippen molar-refractivity contribution in [1.29, 1.82) is 0 Å². The Hall–Kier alpha value is -2.07. The summed E-state index contributed by atoms with van der Waals surface area (Å²) in [4.78, 5) is 27.0. The van der Waals surface area contributed by atoms with Crippen molar-refractivity contribution >= 4 is 23.3 Å². The van der Waals surface area contributed by atoms with Gasteiger partial charge >= 0.3 is 0 Å². The molecule has 1 fully saturated rings. The average molecular weight is 317 g/mol. The predicted octanol–water partition coefficient (Wildman–Crippen LogP) is 3.17. The summed E-state index contributed by atoms with van der Waals surface area (Å²) >= 11 is 5.95. The number of ketones is 1. The molecule has 1 amide bonds. The monoisotopic (exact) mass is 316 g/mol. The van der Waals surface area contributed by atoms with Gasteiger partial charge in [0.2, 0.25) is 0 Å². The van der Waals surface area contributed by atoms with Gasteiger partial charge < -0.3 is 9.47 Å². The number of benzene rings is 1. The van der Waals surface area contributed by atoms with Crippen LogP contribution in [-0.4, -0.2) is 33.7 Å². The van der Waals surface area contributed by atoms with Crippen LogP contribution >= 0.6 is 11.6 Å². The minimum atomic E-state index is -0.386. The third-order valence-electron chi connectivity index (χ3n) is 4.07. The van der Waals surface area contributed by atoms with Gasteiger partial charge in [0.05, 0.1) is 11.1 Å². The quantitative estimate of drug-likeness (QED) is 0.816. The third-order valence-corrected chi connectivity index (χ3v) is 4.27. The van der Waals surface area contributed by atoms with Crippen LogP contribution in [0.2, 0.25) is 5.02 Å². The number of hydrogen-bond acceptors (Lipinski definition) is 2. The number of aromatic nitrogens is 1. The Labute approximate surface area is 134 Å². The zero-order valence-electron chi connectivity index (χ0n) is 12.3. The summed E-state index contributed by atoms with van der Waals surface area (Å²) in [7, 11) is 1.78. The first kappa shape index (κ1) is 14.9. The number of nitrogens with zero attached hydrogens (tertiary/aromatic N) is 2. The molecule has 1 saturated heterocycles. The first-order chi connectivity index (χ1) is 10.6. The lowest BCUT2D eigenvalue weighted by Gasteiger charge is -2.24. The molecule has 1 aliphatic rings. The molecule has 2 heterocycles. The number of Topliss-reactive ketones (excluding diaryl/α,β-unsaturated/α-hetero) is 1. The Bertz CT molecular complexity index is 709. The van der Waals surface area contributed by atoms with Crippen LogP contribution in [0.5, 0.6) is 0 Å². The van der Waals surface area contributed by atoms with Crippen molar-refractivity contribution in [3.8, 4) is 0 Å². The SMILES string of the molecule is Cn1cc(Cl)cc1C(=O)N1CCC[C@H]1C(=O)c1ccccc1. The molecule has 5 heteroatoms. The van der Waals surface area contributed by atoms with Crippen LogP contribution < -0.4 is 0 Å². The molecular formula is C17H17ClN2O2. The molecular weight excluding hydrogens is 300 g/mol. The number of aryl methyl sites for hydroxylation is 1. The van der Waals surface area contributed by atoms with Crippen LogP contribution in [0.4, 0.5) is 0 Å². The molecule has 0 aliphatic carbocycles. The van der Waals surface area contributed by atoms with Gasteiger partial charge in [-0.05, 0) is 18.9 Å². The third kappa shape index (κ3) is 2.66. The zero-order chi connectivity index (χ0) is 15.7. The lowest BCUT2D eigenvalue weighted by molar-refractivity contribution is 0.0664. The molecule has 1 aliphatic heterocycles. The first-order valence-corrected chi connectivity index (χ1v) is 7.68. The molecule has 0 saturated carbocycles. The lowest BCUT2D eigenvalue weighted by atomic mass is 10.0. The summed E-state index contributed by atoms with van der Waals surface area (Å²) in [6, 6.07) is 10.4. The molecule has 0 spiro atoms. The Kier molecular flexibility index (Phi) is 4.03. The molecule has 1 aromatic heterocycles. The highest BCUT2D eigenvalue weighted by Gasteiger charge is 2.35. The van der Waals surface area contributed by atoms with E-state index < -0.39 is 0 Å². The van der Waals surface area contributed by atoms with E-state index in [9.17, 15) is 9.59 Å². The van der Waals surface area contributed by atoms with Crippen LogP contribution in [0.3, 0.4) is 0 Å². The van der Waals surface area contributed by atoms with Crippen LogP contribution in [0, 0.1) is 0 Å². The number of likely N-dealkylation sites (tertiary alicyclic amines) is 1. The molecule has 22 heavy (non-hydrogen) atoms. The first-order valence-electron chi connectivity index (χ1n) is 7.30.